The molecular weight excluding hydrogens is 484 g/mol. The molecule has 3 atom stereocenters. The first kappa shape index (κ1) is 29.9. The van der Waals surface area contributed by atoms with Crippen LogP contribution in [0.15, 0.2) is 18.2 Å². The van der Waals surface area contributed by atoms with E-state index in [2.05, 4.69) is 17.9 Å². The molecule has 2 aliphatic rings. The Morgan fingerprint density at radius 3 is 2.53 bits per heavy atom. The van der Waals surface area contributed by atoms with Crippen molar-refractivity contribution in [1.82, 2.24) is 14.7 Å². The number of aliphatic carboxylic acids is 1. The summed E-state index contributed by atoms with van der Waals surface area (Å²) in [5.41, 5.74) is 7.76. The number of rotatable bonds is 15. The molecule has 3 rings (SSSR count). The fourth-order valence-corrected chi connectivity index (χ4v) is 5.88. The molecule has 0 radical (unpaired) electrons. The molecule has 1 aromatic carbocycles. The largest absolute Gasteiger partial charge is 0.493 e. The van der Waals surface area contributed by atoms with Crippen LogP contribution in [-0.4, -0.2) is 96.1 Å². The molecule has 9 nitrogen and oxygen atoms in total. The van der Waals surface area contributed by atoms with Crippen molar-refractivity contribution < 1.29 is 24.2 Å². The lowest BCUT2D eigenvalue weighted by Gasteiger charge is -2.31. The highest BCUT2D eigenvalue weighted by Gasteiger charge is 2.47. The maximum absolute atomic E-state index is 13.5. The summed E-state index contributed by atoms with van der Waals surface area (Å²) in [6.45, 7) is 9.88. The highest BCUT2D eigenvalue weighted by molar-refractivity contribution is 5.79. The Balaban J connectivity index is 1.86. The molecule has 0 spiro atoms. The zero-order chi connectivity index (χ0) is 27.7. The highest BCUT2D eigenvalue weighted by atomic mass is 16.5. The lowest BCUT2D eigenvalue weighted by Crippen LogP contribution is -2.46. The van der Waals surface area contributed by atoms with E-state index in [4.69, 9.17) is 10.5 Å². The van der Waals surface area contributed by atoms with Crippen LogP contribution < -0.4 is 10.5 Å². The number of fused-ring (bicyclic) bond motifs is 1. The molecule has 0 bridgehead atoms. The van der Waals surface area contributed by atoms with E-state index in [1.54, 1.807) is 4.90 Å². The second-order valence-corrected chi connectivity index (χ2v) is 10.6. The number of carbonyl (C=O) groups excluding carboxylic acids is 2. The number of amides is 2. The quantitative estimate of drug-likeness (QED) is 0.335. The first-order valence-corrected chi connectivity index (χ1v) is 14.3. The molecule has 2 aliphatic heterocycles. The van der Waals surface area contributed by atoms with E-state index >= 15 is 0 Å². The maximum Gasteiger partial charge on any atom is 0.308 e. The number of ether oxygens (including phenoxy) is 1. The average molecular weight is 531 g/mol. The Labute approximate surface area is 227 Å². The molecule has 0 saturated carbocycles. The molecule has 3 N–H and O–H groups in total. The van der Waals surface area contributed by atoms with E-state index in [-0.39, 0.29) is 30.3 Å². The van der Waals surface area contributed by atoms with Gasteiger partial charge in [-0.25, -0.2) is 0 Å². The Morgan fingerprint density at radius 2 is 1.87 bits per heavy atom. The van der Waals surface area contributed by atoms with Crippen molar-refractivity contribution >= 4 is 17.8 Å². The van der Waals surface area contributed by atoms with Gasteiger partial charge in [-0.2, -0.15) is 0 Å². The number of nitrogens with two attached hydrogens (primary N) is 1. The summed E-state index contributed by atoms with van der Waals surface area (Å²) in [7, 11) is 0. The van der Waals surface area contributed by atoms with Crippen molar-refractivity contribution in [1.29, 1.82) is 0 Å². The van der Waals surface area contributed by atoms with E-state index in [1.807, 2.05) is 24.0 Å². The Hall–Kier alpha value is -2.65. The number of carboxylic acids is 1. The van der Waals surface area contributed by atoms with Crippen molar-refractivity contribution in [3.63, 3.8) is 0 Å². The second-order valence-electron chi connectivity index (χ2n) is 10.6. The Morgan fingerprint density at radius 1 is 1.11 bits per heavy atom. The SMILES string of the molecule is CCCCN(CCCCN)C(=O)CN1CC(c2ccc3c(c2)CCO3)C(C(=O)O)C1CCN(CC)C(C)=O. The fraction of sp³-hybridized carbons (Fsp3) is 0.690. The summed E-state index contributed by atoms with van der Waals surface area (Å²) in [5, 5.41) is 10.4. The molecule has 0 aromatic heterocycles. The second kappa shape index (κ2) is 14.5. The van der Waals surface area contributed by atoms with Crippen LogP contribution >= 0.6 is 0 Å². The van der Waals surface area contributed by atoms with E-state index in [1.165, 1.54) is 6.92 Å². The lowest BCUT2D eigenvalue weighted by molar-refractivity contribution is -0.144. The fourth-order valence-electron chi connectivity index (χ4n) is 5.88. The van der Waals surface area contributed by atoms with Gasteiger partial charge in [-0.05, 0) is 56.3 Å². The van der Waals surface area contributed by atoms with E-state index in [9.17, 15) is 19.5 Å². The van der Waals surface area contributed by atoms with Crippen LogP contribution in [0.5, 0.6) is 5.75 Å². The summed E-state index contributed by atoms with van der Waals surface area (Å²) in [5.74, 6) is -0.901. The van der Waals surface area contributed by atoms with Crippen LogP contribution in [0.25, 0.3) is 0 Å². The summed E-state index contributed by atoms with van der Waals surface area (Å²) < 4.78 is 5.66. The zero-order valence-electron chi connectivity index (χ0n) is 23.4. The summed E-state index contributed by atoms with van der Waals surface area (Å²) >= 11 is 0. The van der Waals surface area contributed by atoms with Gasteiger partial charge in [-0.1, -0.05) is 25.5 Å². The van der Waals surface area contributed by atoms with Gasteiger partial charge in [-0.15, -0.1) is 0 Å². The molecule has 1 aromatic rings. The van der Waals surface area contributed by atoms with Crippen molar-refractivity contribution in [2.75, 3.05) is 52.4 Å². The predicted molar refractivity (Wildman–Crippen MR) is 147 cm³/mol. The number of carbonyl (C=O) groups is 3. The third-order valence-corrected chi connectivity index (χ3v) is 8.05. The van der Waals surface area contributed by atoms with Crippen LogP contribution in [-0.2, 0) is 20.8 Å². The predicted octanol–water partition coefficient (Wildman–Crippen LogP) is 2.72. The minimum absolute atomic E-state index is 0.0270. The third kappa shape index (κ3) is 7.47. The molecule has 2 heterocycles. The summed E-state index contributed by atoms with van der Waals surface area (Å²) in [4.78, 5) is 44.1. The van der Waals surface area contributed by atoms with E-state index < -0.39 is 11.9 Å². The van der Waals surface area contributed by atoms with Crippen molar-refractivity contribution in [2.45, 2.75) is 71.3 Å². The number of likely N-dealkylation sites (tertiary alicyclic amines) is 1. The minimum atomic E-state index is -0.858. The van der Waals surface area contributed by atoms with Crippen LogP contribution in [0, 0.1) is 5.92 Å². The minimum Gasteiger partial charge on any atom is -0.493 e. The van der Waals surface area contributed by atoms with Gasteiger partial charge in [0.05, 0.1) is 19.1 Å². The normalized spacial score (nSPS) is 20.7. The topological polar surface area (TPSA) is 116 Å². The van der Waals surface area contributed by atoms with Crippen LogP contribution in [0.1, 0.15) is 69.9 Å². The molecule has 9 heteroatoms. The third-order valence-electron chi connectivity index (χ3n) is 8.05. The van der Waals surface area contributed by atoms with Gasteiger partial charge < -0.3 is 25.4 Å². The zero-order valence-corrected chi connectivity index (χ0v) is 23.4. The summed E-state index contributed by atoms with van der Waals surface area (Å²) in [6, 6.07) is 5.65. The van der Waals surface area contributed by atoms with Gasteiger partial charge >= 0.3 is 5.97 Å². The number of hydrogen-bond acceptors (Lipinski definition) is 6. The smallest absolute Gasteiger partial charge is 0.308 e. The number of unbranched alkanes of at least 4 members (excludes halogenated alkanes) is 2. The highest BCUT2D eigenvalue weighted by Crippen LogP contribution is 2.41. The van der Waals surface area contributed by atoms with E-state index in [0.717, 1.165) is 49.0 Å². The maximum atomic E-state index is 13.5. The van der Waals surface area contributed by atoms with Gasteiger partial charge in [0, 0.05) is 58.0 Å². The molecule has 1 fully saturated rings. The number of nitrogens with zero attached hydrogens (tertiary/aromatic N) is 3. The molecule has 1 saturated heterocycles. The van der Waals surface area contributed by atoms with E-state index in [0.29, 0.717) is 52.3 Å². The summed E-state index contributed by atoms with van der Waals surface area (Å²) in [6.07, 6.45) is 4.97. The first-order chi connectivity index (χ1) is 18.3. The Bertz CT molecular complexity index is 955. The molecule has 2 amide bonds. The molecular formula is C29H46N4O5. The van der Waals surface area contributed by atoms with Crippen molar-refractivity contribution in [2.24, 2.45) is 11.7 Å². The molecule has 0 aliphatic carbocycles. The van der Waals surface area contributed by atoms with Gasteiger partial charge in [-0.3, -0.25) is 19.3 Å². The first-order valence-electron chi connectivity index (χ1n) is 14.3. The van der Waals surface area contributed by atoms with Gasteiger partial charge in [0.1, 0.15) is 5.75 Å². The standard InChI is InChI=1S/C29H46N4O5/c1-4-6-14-32(15-8-7-13-30)27(35)20-33-19-24(22-9-10-26-23(18-22)12-17-38-26)28(29(36)37)25(33)11-16-31(5-2)21(3)34/h9-10,18,24-25,28H,4-8,11-17,19-20,30H2,1-3H3,(H,36,37). The Kier molecular flexibility index (Phi) is 11.4. The van der Waals surface area contributed by atoms with Crippen LogP contribution in [0.2, 0.25) is 0 Å². The number of hydrogen-bond donors (Lipinski definition) is 2. The molecule has 38 heavy (non-hydrogen) atoms. The monoisotopic (exact) mass is 530 g/mol. The molecule has 212 valence electrons. The van der Waals surface area contributed by atoms with Crippen molar-refractivity contribution in [3.05, 3.63) is 29.3 Å². The molecule has 3 unspecified atom stereocenters. The van der Waals surface area contributed by atoms with Gasteiger partial charge in [0.2, 0.25) is 11.8 Å². The van der Waals surface area contributed by atoms with Crippen molar-refractivity contribution in [3.8, 4) is 5.75 Å². The average Bonchev–Trinajstić information content (AvgIpc) is 3.50. The number of carboxylic acid groups (broad SMARTS) is 1. The van der Waals surface area contributed by atoms with Gasteiger partial charge in [0.25, 0.3) is 0 Å². The van der Waals surface area contributed by atoms with Crippen LogP contribution in [0.3, 0.4) is 0 Å². The number of benzene rings is 1. The van der Waals surface area contributed by atoms with Crippen LogP contribution in [0.4, 0.5) is 0 Å². The van der Waals surface area contributed by atoms with Gasteiger partial charge in [0.15, 0.2) is 0 Å². The lowest BCUT2D eigenvalue weighted by atomic mass is 9.83.